The number of carboxylic acid groups (broad SMARTS) is 1. The summed E-state index contributed by atoms with van der Waals surface area (Å²) >= 11 is 0. The molecule has 0 amide bonds. The summed E-state index contributed by atoms with van der Waals surface area (Å²) in [6.45, 7) is 16.4. The molecular weight excluding hydrogens is 603 g/mol. The van der Waals surface area contributed by atoms with Crippen molar-refractivity contribution in [3.05, 3.63) is 153 Å². The molecule has 4 aromatic carbocycles. The van der Waals surface area contributed by atoms with Gasteiger partial charge in [-0.2, -0.15) is 0 Å². The van der Waals surface area contributed by atoms with Crippen LogP contribution in [0, 0.1) is 24.5 Å². The summed E-state index contributed by atoms with van der Waals surface area (Å²) < 4.78 is 0. The fraction of sp³-hybridized carbons (Fsp3) is 0.0588. The molecule has 0 saturated carbocycles. The summed E-state index contributed by atoms with van der Waals surface area (Å²) in [5, 5.41) is 27.3. The Morgan fingerprint density at radius 3 is 1.86 bits per heavy atom. The van der Waals surface area contributed by atoms with Gasteiger partial charge in [0, 0.05) is 43.8 Å². The maximum Gasteiger partial charge on any atom is 0.336 e. The number of nitrogens with zero attached hydrogens (tertiary/aromatic N) is 3. The molecule has 0 saturated heterocycles. The van der Waals surface area contributed by atoms with Crippen molar-refractivity contribution in [3.63, 3.8) is 0 Å². The van der Waals surface area contributed by atoms with Crippen molar-refractivity contribution >= 4 is 17.1 Å². The van der Waals surface area contributed by atoms with Crippen molar-refractivity contribution < 1.29 is 52.8 Å². The number of hydrogen-bond donors (Lipinski definition) is 2. The van der Waals surface area contributed by atoms with Gasteiger partial charge in [0.05, 0.1) is 24.8 Å². The maximum atomic E-state index is 11.4. The predicted octanol–water partition coefficient (Wildman–Crippen LogP) is 7.92. The quantitative estimate of drug-likeness (QED) is 0.0902. The third-order valence-corrected chi connectivity index (χ3v) is 7.12. The monoisotopic (exact) mass is 624 g/mol. The zero-order valence-electron chi connectivity index (χ0n) is 22.4. The van der Waals surface area contributed by atoms with E-state index in [-0.39, 0.29) is 50.6 Å². The van der Waals surface area contributed by atoms with Crippen LogP contribution in [0.15, 0.2) is 96.3 Å². The number of nitriles is 1. The number of carbonyl (C=O) groups is 1. The van der Waals surface area contributed by atoms with Crippen LogP contribution in [0.25, 0.3) is 43.1 Å². The third kappa shape index (κ3) is 5.10. The van der Waals surface area contributed by atoms with Crippen LogP contribution in [0.4, 0.5) is 0 Å². The number of benzene rings is 4. The summed E-state index contributed by atoms with van der Waals surface area (Å²) in [5.41, 5.74) is 10.2. The van der Waals surface area contributed by atoms with Crippen molar-refractivity contribution in [2.75, 3.05) is 0 Å². The Morgan fingerprint density at radius 2 is 1.31 bits per heavy atom. The molecule has 42 heavy (non-hydrogen) atoms. The van der Waals surface area contributed by atoms with Gasteiger partial charge < -0.3 is 5.11 Å². The van der Waals surface area contributed by atoms with E-state index in [1.165, 1.54) is 6.07 Å². The van der Waals surface area contributed by atoms with Gasteiger partial charge in [0.1, 0.15) is 6.61 Å². The first kappa shape index (κ1) is 30.3. The molecule has 7 nitrogen and oxygen atoms in total. The van der Waals surface area contributed by atoms with Crippen molar-refractivity contribution in [1.82, 2.24) is 0 Å². The molecule has 4 aromatic rings. The Labute approximate surface area is 268 Å². The minimum absolute atomic E-state index is 0. The van der Waals surface area contributed by atoms with Crippen LogP contribution in [-0.2, 0) is 44.2 Å². The van der Waals surface area contributed by atoms with E-state index in [2.05, 4.69) is 14.6 Å². The molecule has 199 valence electrons. The van der Waals surface area contributed by atoms with Crippen LogP contribution in [0.5, 0.6) is 0 Å². The van der Waals surface area contributed by atoms with E-state index < -0.39 is 5.97 Å². The normalized spacial score (nSPS) is 13.7. The van der Waals surface area contributed by atoms with Gasteiger partial charge in [-0.1, -0.05) is 78.9 Å². The smallest absolute Gasteiger partial charge is 0.336 e. The van der Waals surface area contributed by atoms with Gasteiger partial charge >= 0.3 is 5.97 Å². The van der Waals surface area contributed by atoms with Crippen molar-refractivity contribution in [3.8, 4) is 28.3 Å². The van der Waals surface area contributed by atoms with Crippen LogP contribution in [0.3, 0.4) is 0 Å². The second-order valence-corrected chi connectivity index (χ2v) is 9.26. The molecule has 2 aliphatic rings. The number of allylic oxidation sites excluding steroid dienone is 2. The summed E-state index contributed by atoms with van der Waals surface area (Å²) in [4.78, 5) is 22.6. The molecule has 0 atom stereocenters. The SMILES string of the molecule is [C-]#[N+]/C(C#N)=C1\c2ccccc2-c2c(C(=O)O)cccc21.[C-]#[N+]/C(C)=C1/c2ccccc2-c2c(COO)cccc21.[Y]. The number of hydrogen-bond acceptors (Lipinski definition) is 4. The molecule has 0 fully saturated rings. The number of aromatic carboxylic acids is 1. The molecule has 6 rings (SSSR count). The number of fused-ring (bicyclic) bond motifs is 6. The van der Waals surface area contributed by atoms with Crippen molar-refractivity contribution in [1.29, 1.82) is 5.26 Å². The molecule has 0 unspecified atom stereocenters. The largest absolute Gasteiger partial charge is 0.478 e. The first-order valence-electron chi connectivity index (χ1n) is 12.5. The van der Waals surface area contributed by atoms with E-state index in [0.29, 0.717) is 22.4 Å². The van der Waals surface area contributed by atoms with Gasteiger partial charge in [0.2, 0.25) is 0 Å². The number of carboxylic acids is 1. The van der Waals surface area contributed by atoms with Gasteiger partial charge in [-0.3, -0.25) is 5.26 Å². The molecular formula is C34H21N3O4Y. The Morgan fingerprint density at radius 1 is 0.786 bits per heavy atom. The Kier molecular flexibility index (Phi) is 9.29. The van der Waals surface area contributed by atoms with Crippen LogP contribution in [0.2, 0.25) is 0 Å². The van der Waals surface area contributed by atoms with E-state index in [4.69, 9.17) is 18.4 Å². The van der Waals surface area contributed by atoms with Crippen LogP contribution < -0.4 is 0 Å². The fourth-order valence-corrected chi connectivity index (χ4v) is 5.51. The van der Waals surface area contributed by atoms with Gasteiger partial charge in [0.15, 0.2) is 5.70 Å². The van der Waals surface area contributed by atoms with Crippen LogP contribution in [-0.4, -0.2) is 16.3 Å². The van der Waals surface area contributed by atoms with Crippen LogP contribution >= 0.6 is 0 Å². The fourth-order valence-electron chi connectivity index (χ4n) is 5.51. The molecule has 2 N–H and O–H groups in total. The molecule has 1 radical (unpaired) electrons. The average Bonchev–Trinajstić information content (AvgIpc) is 3.52. The molecule has 2 aliphatic carbocycles. The minimum atomic E-state index is -1.02. The van der Waals surface area contributed by atoms with E-state index in [1.807, 2.05) is 73.7 Å². The third-order valence-electron chi connectivity index (χ3n) is 7.12. The molecule has 8 heteroatoms. The molecule has 0 heterocycles. The zero-order valence-corrected chi connectivity index (χ0v) is 25.3. The molecule has 0 aliphatic heterocycles. The second kappa shape index (κ2) is 12.9. The Hall–Kier alpha value is -4.68. The molecule has 0 spiro atoms. The average molecular weight is 624 g/mol. The standard InChI is InChI=1S/C17H8N2O2.C17H13NO2.Y/c1-19-14(9-18)16-11-6-3-2-5-10(11)15-12(16)7-4-8-13(15)17(20)21;1-11(18-2)16-13-7-3-4-8-14(13)17-12(10-20-19)6-5-9-15(16)17;/h2-8H,(H,20,21);3-9,19H,10H2,1H3;/b16-14+;16-11-;. The topological polar surface area (TPSA) is 99.3 Å². The Bertz CT molecular complexity index is 1920. The number of rotatable bonds is 3. The van der Waals surface area contributed by atoms with Crippen molar-refractivity contribution in [2.24, 2.45) is 0 Å². The van der Waals surface area contributed by atoms with Gasteiger partial charge in [-0.05, 0) is 63.1 Å². The van der Waals surface area contributed by atoms with E-state index >= 15 is 0 Å². The first-order valence-corrected chi connectivity index (χ1v) is 12.5. The van der Waals surface area contributed by atoms with E-state index in [1.54, 1.807) is 18.2 Å². The summed E-state index contributed by atoms with van der Waals surface area (Å²) in [5.74, 6) is -1.02. The Balaban J connectivity index is 0.000000189. The summed E-state index contributed by atoms with van der Waals surface area (Å²) in [7, 11) is 0. The van der Waals surface area contributed by atoms with Gasteiger partial charge in [-0.15, -0.1) is 0 Å². The zero-order chi connectivity index (χ0) is 29.1. The summed E-state index contributed by atoms with van der Waals surface area (Å²) in [6.07, 6.45) is 0. The van der Waals surface area contributed by atoms with Crippen LogP contribution in [0.1, 0.15) is 45.1 Å². The van der Waals surface area contributed by atoms with Crippen molar-refractivity contribution in [2.45, 2.75) is 13.5 Å². The first-order chi connectivity index (χ1) is 20.0. The van der Waals surface area contributed by atoms with E-state index in [9.17, 15) is 15.2 Å². The summed E-state index contributed by atoms with van der Waals surface area (Å²) in [6, 6.07) is 28.0. The predicted molar refractivity (Wildman–Crippen MR) is 155 cm³/mol. The van der Waals surface area contributed by atoms with E-state index in [0.717, 1.165) is 44.5 Å². The molecule has 0 bridgehead atoms. The van der Waals surface area contributed by atoms with Gasteiger partial charge in [0.25, 0.3) is 5.70 Å². The molecule has 0 aromatic heterocycles. The maximum absolute atomic E-state index is 11.4. The minimum Gasteiger partial charge on any atom is -0.478 e. The van der Waals surface area contributed by atoms with Gasteiger partial charge in [-0.25, -0.2) is 24.6 Å². The second-order valence-electron chi connectivity index (χ2n) is 9.26.